The van der Waals surface area contributed by atoms with Gasteiger partial charge in [-0.15, -0.1) is 5.11 Å². The molecule has 0 aliphatic carbocycles. The molecule has 0 aliphatic rings. The van der Waals surface area contributed by atoms with Crippen molar-refractivity contribution in [3.8, 4) is 11.5 Å². The van der Waals surface area contributed by atoms with Crippen molar-refractivity contribution in [3.05, 3.63) is 84.9 Å². The van der Waals surface area contributed by atoms with Gasteiger partial charge in [0.05, 0.1) is 38.2 Å². The van der Waals surface area contributed by atoms with Gasteiger partial charge in [0.1, 0.15) is 21.6 Å². The van der Waals surface area contributed by atoms with Crippen LogP contribution in [0.25, 0.3) is 0 Å². The van der Waals surface area contributed by atoms with Crippen LogP contribution in [0.3, 0.4) is 0 Å². The topological polar surface area (TPSA) is 229 Å². The van der Waals surface area contributed by atoms with E-state index in [9.17, 15) is 31.6 Å². The van der Waals surface area contributed by atoms with Crippen LogP contribution in [0, 0.1) is 0 Å². The number of aromatic hydroxyl groups is 1. The summed E-state index contributed by atoms with van der Waals surface area (Å²) in [7, 11) is -8.91. The fourth-order valence-corrected chi connectivity index (χ4v) is 3.94. The zero-order valence-corrected chi connectivity index (χ0v) is 27.6. The molecular weight excluding hydrogens is 610 g/mol. The maximum Gasteiger partial charge on any atom is 1.00 e. The summed E-state index contributed by atoms with van der Waals surface area (Å²) in [5, 5.41) is 45.8. The van der Waals surface area contributed by atoms with Crippen molar-refractivity contribution >= 4 is 54.4 Å². The molecule has 0 spiro atoms. The fraction of sp³-hybridized carbons (Fsp3) is 0. The molecular formula is C24H16N6Na2O8S2. The molecule has 42 heavy (non-hydrogen) atoms. The first-order chi connectivity index (χ1) is 18.9. The molecule has 0 unspecified atom stereocenters. The Labute approximate surface area is 284 Å². The monoisotopic (exact) mass is 626 g/mol. The number of phenolic OH excluding ortho intramolecular Hbond substituents is 1. The Morgan fingerprint density at radius 2 is 0.905 bits per heavy atom. The number of nitrogens with zero attached hydrogens (tertiary/aromatic N) is 6. The van der Waals surface area contributed by atoms with Gasteiger partial charge in [-0.3, -0.25) is 4.55 Å². The Morgan fingerprint density at radius 3 is 1.31 bits per heavy atom. The molecule has 0 aromatic heterocycles. The predicted molar refractivity (Wildman–Crippen MR) is 137 cm³/mol. The summed E-state index contributed by atoms with van der Waals surface area (Å²) >= 11 is 0. The number of hydrogen-bond donors (Lipinski definition) is 2. The van der Waals surface area contributed by atoms with E-state index in [0.29, 0.717) is 17.1 Å². The van der Waals surface area contributed by atoms with Crippen molar-refractivity contribution in [2.75, 3.05) is 0 Å². The standard InChI is InChI=1S/C24H18N6O8S2.2Na/c31-23-14-24(32)22(30-28-18-7-11-20(12-8-18)40(36,37)38)13-21(23)29-27-16-3-1-15(2-4-16)25-26-17-5-9-19(10-6-17)39(33,34)35;;/h1-14,31-32H,(H,33,34,35)(H,36,37,38);;/q;2*+1/p-2. The maximum absolute atomic E-state index is 12.2. The van der Waals surface area contributed by atoms with Gasteiger partial charge in [-0.2, -0.15) is 34.0 Å². The molecule has 0 saturated carbocycles. The molecule has 0 aliphatic heterocycles. The van der Waals surface area contributed by atoms with Gasteiger partial charge in [0, 0.05) is 0 Å². The molecule has 0 atom stereocenters. The number of hydrogen-bond acceptors (Lipinski definition) is 13. The molecule has 0 fully saturated rings. The third kappa shape index (κ3) is 9.84. The van der Waals surface area contributed by atoms with Crippen LogP contribution < -0.4 is 64.2 Å². The minimum Gasteiger partial charge on any atom is -0.871 e. The summed E-state index contributed by atoms with van der Waals surface area (Å²) in [6, 6.07) is 18.0. The largest absolute Gasteiger partial charge is 1.00 e. The van der Waals surface area contributed by atoms with E-state index in [0.717, 1.165) is 30.3 Å². The average molecular weight is 627 g/mol. The normalized spacial score (nSPS) is 12.0. The smallest absolute Gasteiger partial charge is 0.871 e. The fourth-order valence-electron chi connectivity index (χ4n) is 2.99. The summed E-state index contributed by atoms with van der Waals surface area (Å²) < 4.78 is 64.2. The molecule has 0 bridgehead atoms. The van der Waals surface area contributed by atoms with Crippen LogP contribution in [0.4, 0.5) is 34.1 Å². The Hall–Kier alpha value is -2.90. The van der Waals surface area contributed by atoms with Gasteiger partial charge < -0.3 is 14.8 Å². The van der Waals surface area contributed by atoms with Crippen LogP contribution in [0.1, 0.15) is 0 Å². The Kier molecular flexibility index (Phi) is 12.6. The van der Waals surface area contributed by atoms with Gasteiger partial charge in [0.2, 0.25) is 0 Å². The summed E-state index contributed by atoms with van der Waals surface area (Å²) in [6.07, 6.45) is 0. The van der Waals surface area contributed by atoms with E-state index < -0.39 is 31.7 Å². The van der Waals surface area contributed by atoms with E-state index in [2.05, 4.69) is 30.7 Å². The van der Waals surface area contributed by atoms with Gasteiger partial charge in [-0.25, -0.2) is 8.42 Å². The van der Waals surface area contributed by atoms with Crippen molar-refractivity contribution in [1.82, 2.24) is 0 Å². The van der Waals surface area contributed by atoms with Crippen molar-refractivity contribution in [2.24, 2.45) is 30.7 Å². The Bertz CT molecular complexity index is 1850. The van der Waals surface area contributed by atoms with Crippen LogP contribution in [-0.2, 0) is 20.2 Å². The van der Waals surface area contributed by atoms with E-state index in [-0.39, 0.29) is 86.0 Å². The molecule has 18 heteroatoms. The molecule has 0 amide bonds. The minimum absolute atomic E-state index is 0. The molecule has 204 valence electrons. The maximum atomic E-state index is 12.2. The predicted octanol–water partition coefficient (Wildman–Crippen LogP) is -0.129. The van der Waals surface area contributed by atoms with Crippen LogP contribution >= 0.6 is 0 Å². The van der Waals surface area contributed by atoms with E-state index >= 15 is 0 Å². The van der Waals surface area contributed by atoms with Crippen molar-refractivity contribution in [3.63, 3.8) is 0 Å². The third-order valence-corrected chi connectivity index (χ3v) is 6.71. The molecule has 4 aromatic carbocycles. The Morgan fingerprint density at radius 1 is 0.548 bits per heavy atom. The molecule has 4 aromatic rings. The average Bonchev–Trinajstić information content (AvgIpc) is 2.91. The molecule has 4 rings (SSSR count). The second kappa shape index (κ2) is 15.0. The van der Waals surface area contributed by atoms with Gasteiger partial charge in [-0.05, 0) is 84.9 Å². The number of rotatable bonds is 8. The van der Waals surface area contributed by atoms with Crippen LogP contribution in [-0.4, -0.2) is 31.0 Å². The van der Waals surface area contributed by atoms with Crippen molar-refractivity contribution < 1.29 is 95.3 Å². The third-order valence-electron chi connectivity index (χ3n) is 4.99. The summed E-state index contributed by atoms with van der Waals surface area (Å²) in [5.41, 5.74) is 1.11. The minimum atomic E-state index is -4.55. The van der Waals surface area contributed by atoms with E-state index in [1.165, 1.54) is 30.3 Å². The van der Waals surface area contributed by atoms with E-state index in [4.69, 9.17) is 4.55 Å². The van der Waals surface area contributed by atoms with Crippen LogP contribution in [0.15, 0.2) is 125 Å². The first-order valence-corrected chi connectivity index (χ1v) is 13.8. The van der Waals surface area contributed by atoms with Gasteiger partial charge >= 0.3 is 59.1 Å². The second-order valence-corrected chi connectivity index (χ2v) is 10.6. The summed E-state index contributed by atoms with van der Waals surface area (Å²) in [6.45, 7) is 0. The van der Waals surface area contributed by atoms with Gasteiger partial charge in [0.15, 0.2) is 0 Å². The number of phenols is 1. The SMILES string of the molecule is O=S(=O)([O-])c1ccc(N=Nc2ccc(N=Nc3cc(N=Nc4ccc(S(=O)(=O)O)cc4)c([O-])cc3O)cc2)cc1.[Na+].[Na+]. The molecule has 0 heterocycles. The Balaban J connectivity index is 0.00000308. The number of azo groups is 3. The second-order valence-electron chi connectivity index (χ2n) is 7.84. The van der Waals surface area contributed by atoms with Crippen molar-refractivity contribution in [1.29, 1.82) is 0 Å². The van der Waals surface area contributed by atoms with E-state index in [1.54, 1.807) is 24.3 Å². The molecule has 2 N–H and O–H groups in total. The number of benzene rings is 4. The van der Waals surface area contributed by atoms with Gasteiger partial charge in [0.25, 0.3) is 10.1 Å². The summed E-state index contributed by atoms with van der Waals surface area (Å²) in [4.78, 5) is -0.703. The van der Waals surface area contributed by atoms with Crippen LogP contribution in [0.2, 0.25) is 0 Å². The first kappa shape index (κ1) is 35.3. The molecule has 14 nitrogen and oxygen atoms in total. The molecule has 0 saturated heterocycles. The quantitative estimate of drug-likeness (QED) is 0.152. The van der Waals surface area contributed by atoms with Gasteiger partial charge in [-0.1, -0.05) is 5.75 Å². The van der Waals surface area contributed by atoms with Crippen molar-refractivity contribution in [2.45, 2.75) is 9.79 Å². The first-order valence-electron chi connectivity index (χ1n) is 10.9. The molecule has 0 radical (unpaired) electrons. The zero-order valence-electron chi connectivity index (χ0n) is 21.9. The van der Waals surface area contributed by atoms with Crippen LogP contribution in [0.5, 0.6) is 11.5 Å². The van der Waals surface area contributed by atoms with E-state index in [1.807, 2.05) is 0 Å². The zero-order chi connectivity index (χ0) is 28.9. The summed E-state index contributed by atoms with van der Waals surface area (Å²) in [5.74, 6) is -1.08.